The van der Waals surface area contributed by atoms with Crippen molar-refractivity contribution in [3.63, 3.8) is 0 Å². The van der Waals surface area contributed by atoms with Crippen molar-refractivity contribution in [2.75, 3.05) is 7.11 Å². The molecule has 0 atom stereocenters. The normalized spacial score (nSPS) is 10.1. The lowest BCUT2D eigenvalue weighted by atomic mass is 10.2. The van der Waals surface area contributed by atoms with E-state index >= 15 is 0 Å². The van der Waals surface area contributed by atoms with E-state index in [0.29, 0.717) is 11.3 Å². The van der Waals surface area contributed by atoms with Gasteiger partial charge >= 0.3 is 5.97 Å². The standard InChI is InChI=1S/C14H13NO3/c1-10(16)13-7-4-8-15(13)12-6-3-5-11(9-12)14(17)18-2/h3-9H,1-2H3. The molecule has 0 fully saturated rings. The van der Waals surface area contributed by atoms with E-state index < -0.39 is 5.97 Å². The van der Waals surface area contributed by atoms with Crippen LogP contribution < -0.4 is 0 Å². The second kappa shape index (κ2) is 4.87. The molecule has 0 saturated heterocycles. The molecule has 2 aromatic rings. The molecular formula is C14H13NO3. The van der Waals surface area contributed by atoms with Crippen molar-refractivity contribution in [3.8, 4) is 5.69 Å². The molecule has 4 heteroatoms. The molecule has 4 nitrogen and oxygen atoms in total. The molecule has 0 amide bonds. The van der Waals surface area contributed by atoms with Crippen molar-refractivity contribution in [2.45, 2.75) is 6.92 Å². The van der Waals surface area contributed by atoms with Crippen LogP contribution in [-0.4, -0.2) is 23.4 Å². The number of esters is 1. The average molecular weight is 243 g/mol. The molecule has 0 bridgehead atoms. The Balaban J connectivity index is 2.48. The molecule has 2 rings (SSSR count). The van der Waals surface area contributed by atoms with Crippen LogP contribution in [-0.2, 0) is 4.74 Å². The quantitative estimate of drug-likeness (QED) is 0.614. The molecule has 92 valence electrons. The van der Waals surface area contributed by atoms with Crippen LogP contribution in [0.25, 0.3) is 5.69 Å². The van der Waals surface area contributed by atoms with Gasteiger partial charge in [0.15, 0.2) is 5.78 Å². The largest absolute Gasteiger partial charge is 0.465 e. The first kappa shape index (κ1) is 12.1. The summed E-state index contributed by atoms with van der Waals surface area (Å²) in [7, 11) is 1.34. The van der Waals surface area contributed by atoms with Gasteiger partial charge in [0.25, 0.3) is 0 Å². The SMILES string of the molecule is COC(=O)c1cccc(-n2cccc2C(C)=O)c1. The Morgan fingerprint density at radius 3 is 2.61 bits per heavy atom. The highest BCUT2D eigenvalue weighted by Crippen LogP contribution is 2.15. The summed E-state index contributed by atoms with van der Waals surface area (Å²) in [4.78, 5) is 22.9. The number of rotatable bonds is 3. The fourth-order valence-electron chi connectivity index (χ4n) is 1.79. The predicted octanol–water partition coefficient (Wildman–Crippen LogP) is 2.47. The predicted molar refractivity (Wildman–Crippen MR) is 67.1 cm³/mol. The maximum absolute atomic E-state index is 11.5. The topological polar surface area (TPSA) is 48.3 Å². The third-order valence-corrected chi connectivity index (χ3v) is 2.65. The third kappa shape index (κ3) is 2.18. The van der Waals surface area contributed by atoms with Crippen molar-refractivity contribution in [1.82, 2.24) is 4.57 Å². The van der Waals surface area contributed by atoms with E-state index in [0.717, 1.165) is 5.69 Å². The number of methoxy groups -OCH3 is 1. The Labute approximate surface area is 105 Å². The molecule has 0 N–H and O–H groups in total. The molecule has 0 unspecified atom stereocenters. The minimum atomic E-state index is -0.395. The van der Waals surface area contributed by atoms with Crippen LogP contribution in [0.4, 0.5) is 0 Å². The Kier molecular flexibility index (Phi) is 3.28. The first-order valence-corrected chi connectivity index (χ1v) is 5.50. The molecule has 18 heavy (non-hydrogen) atoms. The van der Waals surface area contributed by atoms with Crippen molar-refractivity contribution >= 4 is 11.8 Å². The van der Waals surface area contributed by atoms with Gasteiger partial charge in [-0.25, -0.2) is 4.79 Å². The van der Waals surface area contributed by atoms with Crippen LogP contribution >= 0.6 is 0 Å². The Morgan fingerprint density at radius 2 is 1.94 bits per heavy atom. The zero-order valence-electron chi connectivity index (χ0n) is 10.2. The van der Waals surface area contributed by atoms with Gasteiger partial charge in [0.1, 0.15) is 0 Å². The highest BCUT2D eigenvalue weighted by Gasteiger charge is 2.10. The summed E-state index contributed by atoms with van der Waals surface area (Å²) < 4.78 is 6.42. The fraction of sp³-hybridized carbons (Fsp3) is 0.143. The molecule has 1 heterocycles. The molecule has 0 saturated carbocycles. The molecular weight excluding hydrogens is 230 g/mol. The second-order valence-corrected chi connectivity index (χ2v) is 3.86. The summed E-state index contributed by atoms with van der Waals surface area (Å²) in [6.07, 6.45) is 1.78. The number of nitrogens with zero attached hydrogens (tertiary/aromatic N) is 1. The molecule has 1 aromatic carbocycles. The minimum Gasteiger partial charge on any atom is -0.465 e. The van der Waals surface area contributed by atoms with Gasteiger partial charge in [0.05, 0.1) is 18.4 Å². The summed E-state index contributed by atoms with van der Waals surface area (Å²) in [5.74, 6) is -0.420. The number of Topliss-reactive ketones (excluding diaryl/α,β-unsaturated/α-hetero) is 1. The van der Waals surface area contributed by atoms with E-state index in [2.05, 4.69) is 4.74 Å². The zero-order chi connectivity index (χ0) is 13.1. The minimum absolute atomic E-state index is 0.0246. The monoisotopic (exact) mass is 243 g/mol. The van der Waals surface area contributed by atoms with Gasteiger partial charge < -0.3 is 9.30 Å². The van der Waals surface area contributed by atoms with Gasteiger partial charge in [-0.1, -0.05) is 6.07 Å². The van der Waals surface area contributed by atoms with Crippen LogP contribution in [0.15, 0.2) is 42.6 Å². The van der Waals surface area contributed by atoms with Crippen LogP contribution in [0.2, 0.25) is 0 Å². The van der Waals surface area contributed by atoms with Crippen LogP contribution in [0.1, 0.15) is 27.8 Å². The fourth-order valence-corrected chi connectivity index (χ4v) is 1.79. The number of hydrogen-bond acceptors (Lipinski definition) is 3. The summed E-state index contributed by atoms with van der Waals surface area (Å²) in [5.41, 5.74) is 1.79. The number of ketones is 1. The van der Waals surface area contributed by atoms with E-state index in [9.17, 15) is 9.59 Å². The molecule has 0 aliphatic heterocycles. The summed E-state index contributed by atoms with van der Waals surface area (Å²) >= 11 is 0. The first-order valence-electron chi connectivity index (χ1n) is 5.50. The van der Waals surface area contributed by atoms with E-state index in [-0.39, 0.29) is 5.78 Å². The van der Waals surface area contributed by atoms with E-state index in [4.69, 9.17) is 0 Å². The van der Waals surface area contributed by atoms with E-state index in [1.165, 1.54) is 14.0 Å². The van der Waals surface area contributed by atoms with Crippen LogP contribution in [0.3, 0.4) is 0 Å². The van der Waals surface area contributed by atoms with Crippen LogP contribution in [0, 0.1) is 0 Å². The highest BCUT2D eigenvalue weighted by molar-refractivity contribution is 5.93. The molecule has 0 spiro atoms. The lowest BCUT2D eigenvalue weighted by Crippen LogP contribution is -2.06. The Bertz CT molecular complexity index is 599. The van der Waals surface area contributed by atoms with Gasteiger partial charge in [0.2, 0.25) is 0 Å². The number of carbonyl (C=O) groups excluding carboxylic acids is 2. The molecule has 0 radical (unpaired) electrons. The van der Waals surface area contributed by atoms with E-state index in [1.807, 2.05) is 6.07 Å². The zero-order valence-corrected chi connectivity index (χ0v) is 10.2. The molecule has 0 aliphatic carbocycles. The summed E-state index contributed by atoms with van der Waals surface area (Å²) in [6.45, 7) is 1.51. The molecule has 0 aliphatic rings. The second-order valence-electron chi connectivity index (χ2n) is 3.86. The number of aromatic nitrogens is 1. The number of carbonyl (C=O) groups is 2. The van der Waals surface area contributed by atoms with Gasteiger partial charge in [0, 0.05) is 18.8 Å². The summed E-state index contributed by atoms with van der Waals surface area (Å²) in [6, 6.07) is 10.5. The first-order chi connectivity index (χ1) is 8.63. The lowest BCUT2D eigenvalue weighted by molar-refractivity contribution is 0.0600. The van der Waals surface area contributed by atoms with Crippen molar-refractivity contribution < 1.29 is 14.3 Å². The Morgan fingerprint density at radius 1 is 1.17 bits per heavy atom. The van der Waals surface area contributed by atoms with Crippen molar-refractivity contribution in [2.24, 2.45) is 0 Å². The number of ether oxygens (including phenoxy) is 1. The van der Waals surface area contributed by atoms with Gasteiger partial charge in [-0.3, -0.25) is 4.79 Å². The van der Waals surface area contributed by atoms with Crippen molar-refractivity contribution in [3.05, 3.63) is 53.9 Å². The number of hydrogen-bond donors (Lipinski definition) is 0. The number of benzene rings is 1. The van der Waals surface area contributed by atoms with Crippen molar-refractivity contribution in [1.29, 1.82) is 0 Å². The van der Waals surface area contributed by atoms with Gasteiger partial charge in [-0.15, -0.1) is 0 Å². The van der Waals surface area contributed by atoms with Gasteiger partial charge in [-0.2, -0.15) is 0 Å². The maximum Gasteiger partial charge on any atom is 0.337 e. The molecule has 1 aromatic heterocycles. The maximum atomic E-state index is 11.5. The Hall–Kier alpha value is -2.36. The van der Waals surface area contributed by atoms with Crippen LogP contribution in [0.5, 0.6) is 0 Å². The third-order valence-electron chi connectivity index (χ3n) is 2.65. The van der Waals surface area contributed by atoms with E-state index in [1.54, 1.807) is 41.1 Å². The average Bonchev–Trinajstić information content (AvgIpc) is 2.87. The smallest absolute Gasteiger partial charge is 0.337 e. The summed E-state index contributed by atoms with van der Waals surface area (Å²) in [5, 5.41) is 0. The highest BCUT2D eigenvalue weighted by atomic mass is 16.5. The van der Waals surface area contributed by atoms with Gasteiger partial charge in [-0.05, 0) is 30.3 Å². The lowest BCUT2D eigenvalue weighted by Gasteiger charge is -2.08.